The molecule has 7 N–H and O–H groups in total. The van der Waals surface area contributed by atoms with Crippen molar-refractivity contribution in [3.05, 3.63) is 58.1 Å². The summed E-state index contributed by atoms with van der Waals surface area (Å²) in [5, 5.41) is 7.22. The zero-order valence-electron chi connectivity index (χ0n) is 23.9. The normalized spacial score (nSPS) is 15.1. The molecule has 1 aromatic carbocycles. The minimum absolute atomic E-state index is 0.0274. The molecule has 0 fully saturated rings. The Morgan fingerprint density at radius 2 is 1.92 bits per heavy atom. The van der Waals surface area contributed by atoms with Crippen molar-refractivity contribution in [1.82, 2.24) is 15.6 Å². The largest absolute Gasteiger partial charge is 0.381 e. The van der Waals surface area contributed by atoms with Crippen LogP contribution in [0.4, 0.5) is 0 Å². The molecule has 3 rings (SSSR count). The first-order valence-electron chi connectivity index (χ1n) is 13.2. The molecule has 9 nitrogen and oxygen atoms in total. The molecule has 2 aromatic rings. The van der Waals surface area contributed by atoms with Crippen molar-refractivity contribution in [2.75, 3.05) is 13.1 Å². The number of hydrogen-bond donors (Lipinski definition) is 5. The van der Waals surface area contributed by atoms with Crippen molar-refractivity contribution in [1.29, 1.82) is 0 Å². The molecule has 212 valence electrons. The van der Waals surface area contributed by atoms with Gasteiger partial charge >= 0.3 is 0 Å². The third-order valence-corrected chi connectivity index (χ3v) is 6.84. The number of carbonyl (C=O) groups is 1. The van der Waals surface area contributed by atoms with Crippen LogP contribution >= 0.6 is 11.6 Å². The van der Waals surface area contributed by atoms with Crippen molar-refractivity contribution < 1.29 is 4.79 Å². The van der Waals surface area contributed by atoms with E-state index in [-0.39, 0.29) is 28.8 Å². The van der Waals surface area contributed by atoms with E-state index in [0.717, 1.165) is 32.1 Å². The van der Waals surface area contributed by atoms with E-state index < -0.39 is 5.91 Å². The molecule has 10 heteroatoms. The third kappa shape index (κ3) is 8.80. The fraction of sp³-hybridized carbons (Fsp3) is 0.448. The maximum Gasteiger partial charge on any atom is 0.273 e. The molecule has 2 heterocycles. The van der Waals surface area contributed by atoms with Gasteiger partial charge in [-0.25, -0.2) is 9.98 Å². The monoisotopic (exact) mass is 554 g/mol. The van der Waals surface area contributed by atoms with Crippen molar-refractivity contribution in [3.63, 3.8) is 0 Å². The molecule has 0 unspecified atom stereocenters. The van der Waals surface area contributed by atoms with E-state index in [9.17, 15) is 4.79 Å². The smallest absolute Gasteiger partial charge is 0.273 e. The van der Waals surface area contributed by atoms with Gasteiger partial charge in [-0.2, -0.15) is 0 Å². The number of benzene rings is 1. The Morgan fingerprint density at radius 1 is 1.26 bits per heavy atom. The van der Waals surface area contributed by atoms with Gasteiger partial charge in [-0.1, -0.05) is 56.5 Å². The van der Waals surface area contributed by atoms with Gasteiger partial charge in [0.2, 0.25) is 0 Å². The lowest BCUT2D eigenvalue weighted by molar-refractivity contribution is -0.113. The number of fused-ring (bicyclic) bond motifs is 1. The highest BCUT2D eigenvalue weighted by Crippen LogP contribution is 2.24. The zero-order chi connectivity index (χ0) is 29.2. The number of aryl methyl sites for hydroxylation is 2. The quantitative estimate of drug-likeness (QED) is 0.164. The van der Waals surface area contributed by atoms with Crippen LogP contribution in [0.25, 0.3) is 10.9 Å². The first kappa shape index (κ1) is 31.8. The number of carbonyl (C=O) groups excluding carboxylic acids is 1. The van der Waals surface area contributed by atoms with Gasteiger partial charge in [-0.15, -0.1) is 0 Å². The number of nitrogens with one attached hydrogen (secondary N) is 3. The third-order valence-electron chi connectivity index (χ3n) is 6.56. The Labute approximate surface area is 237 Å². The summed E-state index contributed by atoms with van der Waals surface area (Å²) in [5.41, 5.74) is 17.4. The lowest BCUT2D eigenvalue weighted by atomic mass is 9.89. The molecule has 39 heavy (non-hydrogen) atoms. The van der Waals surface area contributed by atoms with E-state index in [1.807, 2.05) is 0 Å². The summed E-state index contributed by atoms with van der Waals surface area (Å²) in [6, 6.07) is 6.60. The van der Waals surface area contributed by atoms with Crippen LogP contribution in [0.15, 0.2) is 56.3 Å². The zero-order valence-corrected chi connectivity index (χ0v) is 24.6. The summed E-state index contributed by atoms with van der Waals surface area (Å²) in [6.45, 7) is 18.3. The van der Waals surface area contributed by atoms with E-state index in [0.29, 0.717) is 12.5 Å². The Hall–Kier alpha value is -3.43. The van der Waals surface area contributed by atoms with Crippen LogP contribution in [0, 0.1) is 13.8 Å². The summed E-state index contributed by atoms with van der Waals surface area (Å²) >= 11 is 5.85. The molecule has 0 aliphatic carbocycles. The summed E-state index contributed by atoms with van der Waals surface area (Å²) < 4.78 is 0. The highest BCUT2D eigenvalue weighted by Gasteiger charge is 2.34. The number of aromatic amines is 1. The summed E-state index contributed by atoms with van der Waals surface area (Å²) in [4.78, 5) is 27.4. The molecule has 0 saturated carbocycles. The SMILES string of the molecule is C=C(C)Cc1ccc2[nH]c(C)c(C)c2c1.C=N/C(N)=C(Cl)\N=C(/CN)C(=O)NC1=NCC(CCC)(CCC)N1. The lowest BCUT2D eigenvalue weighted by Gasteiger charge is -2.29. The lowest BCUT2D eigenvalue weighted by Crippen LogP contribution is -2.52. The summed E-state index contributed by atoms with van der Waals surface area (Å²) in [5.74, 6) is -0.128. The number of aromatic nitrogens is 1. The molecule has 0 saturated heterocycles. The van der Waals surface area contributed by atoms with Gasteiger partial charge < -0.3 is 21.8 Å². The molecule has 1 aliphatic rings. The number of guanidine groups is 1. The molecular weight excluding hydrogens is 512 g/mol. The van der Waals surface area contributed by atoms with Crippen molar-refractivity contribution in [3.8, 4) is 0 Å². The van der Waals surface area contributed by atoms with Gasteiger partial charge in [0.25, 0.3) is 5.91 Å². The Bertz CT molecular complexity index is 1280. The first-order valence-corrected chi connectivity index (χ1v) is 13.6. The maximum absolute atomic E-state index is 12.3. The predicted molar refractivity (Wildman–Crippen MR) is 166 cm³/mol. The topological polar surface area (TPSA) is 146 Å². The number of amides is 1. The predicted octanol–water partition coefficient (Wildman–Crippen LogP) is 4.73. The van der Waals surface area contributed by atoms with Crippen molar-refractivity contribution in [2.24, 2.45) is 26.4 Å². The molecule has 0 spiro atoms. The van der Waals surface area contributed by atoms with E-state index in [1.165, 1.54) is 33.3 Å². The van der Waals surface area contributed by atoms with Gasteiger partial charge in [-0.3, -0.25) is 15.1 Å². The van der Waals surface area contributed by atoms with Gasteiger partial charge in [0, 0.05) is 23.1 Å². The van der Waals surface area contributed by atoms with Crippen molar-refractivity contribution in [2.45, 2.75) is 72.3 Å². The van der Waals surface area contributed by atoms with E-state index in [1.54, 1.807) is 0 Å². The molecule has 1 aromatic heterocycles. The fourth-order valence-corrected chi connectivity index (χ4v) is 4.74. The molecule has 0 bridgehead atoms. The van der Waals surface area contributed by atoms with Gasteiger partial charge in [-0.05, 0) is 70.0 Å². The second-order valence-electron chi connectivity index (χ2n) is 10.0. The van der Waals surface area contributed by atoms with Crippen LogP contribution in [0.1, 0.15) is 63.3 Å². The molecule has 0 radical (unpaired) electrons. The number of rotatable bonds is 10. The average Bonchev–Trinajstić information content (AvgIpc) is 3.41. The van der Waals surface area contributed by atoms with Crippen LogP contribution in [0.3, 0.4) is 0 Å². The summed E-state index contributed by atoms with van der Waals surface area (Å²) in [6.07, 6.45) is 5.01. The van der Waals surface area contributed by atoms with Gasteiger partial charge in [0.15, 0.2) is 16.9 Å². The summed E-state index contributed by atoms with van der Waals surface area (Å²) in [7, 11) is 0. The Balaban J connectivity index is 0.000000302. The fourth-order valence-electron chi connectivity index (χ4n) is 4.57. The molecular formula is C29H43ClN8O. The van der Waals surface area contributed by atoms with Crippen LogP contribution in [0.2, 0.25) is 0 Å². The van der Waals surface area contributed by atoms with Crippen LogP contribution in [-0.4, -0.2) is 47.9 Å². The highest BCUT2D eigenvalue weighted by molar-refractivity contribution is 6.43. The first-order chi connectivity index (χ1) is 18.5. The molecule has 1 amide bonds. The standard InChI is InChI=1S/C15H26ClN7O.C14H17N/c1-4-6-15(7-5-2)9-20-14(23-15)22-13(24)10(8-17)21-11(16)12(18)19-3;1-9(2)7-12-5-6-14-13(8-12)10(3)11(4)15-14/h3-9,17-18H2,1-2H3,(H2,20,22,23,24);5-6,8,15H,1,7H2,2-4H3/b12-11-,21-10+;. The van der Waals surface area contributed by atoms with Gasteiger partial charge in [0.05, 0.1) is 12.1 Å². The second kappa shape index (κ2) is 14.6. The minimum Gasteiger partial charge on any atom is -0.381 e. The molecule has 1 aliphatic heterocycles. The second-order valence-corrected chi connectivity index (χ2v) is 10.4. The average molecular weight is 555 g/mol. The highest BCUT2D eigenvalue weighted by atomic mass is 35.5. The van der Waals surface area contributed by atoms with E-state index >= 15 is 0 Å². The number of nitrogens with zero attached hydrogens (tertiary/aromatic N) is 3. The number of aliphatic imine (C=N–C) groups is 3. The number of allylic oxidation sites excluding steroid dienone is 1. The van der Waals surface area contributed by atoms with Crippen LogP contribution < -0.4 is 22.1 Å². The number of H-pyrrole nitrogens is 1. The van der Waals surface area contributed by atoms with E-state index in [4.69, 9.17) is 23.1 Å². The number of hydrogen-bond acceptors (Lipinski definition) is 7. The molecule has 0 atom stereocenters. The van der Waals surface area contributed by atoms with Crippen LogP contribution in [-0.2, 0) is 11.2 Å². The number of halogens is 1. The Morgan fingerprint density at radius 3 is 2.49 bits per heavy atom. The maximum atomic E-state index is 12.3. The van der Waals surface area contributed by atoms with E-state index in [2.05, 4.69) is 96.7 Å². The van der Waals surface area contributed by atoms with Crippen LogP contribution in [0.5, 0.6) is 0 Å². The van der Waals surface area contributed by atoms with Gasteiger partial charge in [0.1, 0.15) is 5.71 Å². The Kier molecular flexibility index (Phi) is 11.9. The van der Waals surface area contributed by atoms with Crippen molar-refractivity contribution >= 4 is 46.8 Å². The minimum atomic E-state index is -0.484. The number of nitrogens with two attached hydrogens (primary N) is 2.